The van der Waals surface area contributed by atoms with Crippen LogP contribution in [0.1, 0.15) is 29.7 Å². The minimum Gasteiger partial charge on any atom is -0.313 e. The molecule has 2 rings (SSSR count). The Hall–Kier alpha value is -1.32. The fraction of sp³-hybridized carbons (Fsp3) is 0.294. The molecule has 3 heteroatoms. The molecule has 1 N–H and O–H groups in total. The summed E-state index contributed by atoms with van der Waals surface area (Å²) in [4.78, 5) is 2.28. The van der Waals surface area contributed by atoms with Crippen LogP contribution in [0.5, 0.6) is 0 Å². The van der Waals surface area contributed by atoms with Gasteiger partial charge in [0, 0.05) is 15.8 Å². The molecule has 0 spiro atoms. The van der Waals surface area contributed by atoms with E-state index in [1.54, 1.807) is 17.8 Å². The predicted octanol–water partition coefficient (Wildman–Crippen LogP) is 4.87. The molecule has 0 amide bonds. The minimum absolute atomic E-state index is 0.123. The molecule has 2 aromatic carbocycles. The summed E-state index contributed by atoms with van der Waals surface area (Å²) in [5, 5.41) is 3.18. The van der Waals surface area contributed by atoms with Crippen LogP contribution in [0, 0.1) is 19.7 Å². The first-order chi connectivity index (χ1) is 9.51. The van der Waals surface area contributed by atoms with Crippen LogP contribution in [0.2, 0.25) is 0 Å². The van der Waals surface area contributed by atoms with Crippen LogP contribution in [0.3, 0.4) is 0 Å². The number of aryl methyl sites for hydroxylation is 2. The molecule has 20 heavy (non-hydrogen) atoms. The quantitative estimate of drug-likeness (QED) is 0.861. The number of benzene rings is 2. The van der Waals surface area contributed by atoms with Crippen molar-refractivity contribution in [3.05, 3.63) is 58.9 Å². The van der Waals surface area contributed by atoms with Crippen molar-refractivity contribution in [2.75, 3.05) is 7.05 Å². The van der Waals surface area contributed by atoms with Gasteiger partial charge in [0.15, 0.2) is 0 Å². The van der Waals surface area contributed by atoms with Crippen molar-refractivity contribution >= 4 is 11.8 Å². The van der Waals surface area contributed by atoms with Gasteiger partial charge in [-0.3, -0.25) is 0 Å². The number of nitrogens with one attached hydrogen (secondary N) is 1. The van der Waals surface area contributed by atoms with Gasteiger partial charge in [0.05, 0.1) is 0 Å². The Morgan fingerprint density at radius 1 is 1.10 bits per heavy atom. The summed E-state index contributed by atoms with van der Waals surface area (Å²) in [5.41, 5.74) is 2.93. The maximum atomic E-state index is 13.8. The Balaban J connectivity index is 2.38. The second-order valence-electron chi connectivity index (χ2n) is 5.06. The average Bonchev–Trinajstić information content (AvgIpc) is 2.44. The Morgan fingerprint density at radius 2 is 1.75 bits per heavy atom. The lowest BCUT2D eigenvalue weighted by atomic mass is 10.1. The van der Waals surface area contributed by atoms with Gasteiger partial charge in [0.2, 0.25) is 0 Å². The van der Waals surface area contributed by atoms with Crippen LogP contribution in [0.25, 0.3) is 0 Å². The van der Waals surface area contributed by atoms with Gasteiger partial charge in [-0.2, -0.15) is 0 Å². The summed E-state index contributed by atoms with van der Waals surface area (Å²) in [5.74, 6) is -0.143. The molecular weight excluding hydrogens is 269 g/mol. The Morgan fingerprint density at radius 3 is 2.35 bits per heavy atom. The lowest BCUT2D eigenvalue weighted by molar-refractivity contribution is 0.594. The lowest BCUT2D eigenvalue weighted by Crippen LogP contribution is -2.13. The van der Waals surface area contributed by atoms with Gasteiger partial charge in [-0.25, -0.2) is 4.39 Å². The van der Waals surface area contributed by atoms with Crippen LogP contribution in [-0.4, -0.2) is 7.05 Å². The van der Waals surface area contributed by atoms with E-state index in [-0.39, 0.29) is 11.9 Å². The smallest absolute Gasteiger partial charge is 0.126 e. The molecule has 0 aliphatic carbocycles. The molecule has 0 heterocycles. The second-order valence-corrected chi connectivity index (χ2v) is 6.18. The second kappa shape index (κ2) is 6.42. The molecule has 0 aliphatic rings. The van der Waals surface area contributed by atoms with Crippen LogP contribution in [-0.2, 0) is 0 Å². The maximum absolute atomic E-state index is 13.8. The Labute approximate surface area is 124 Å². The summed E-state index contributed by atoms with van der Waals surface area (Å²) in [6.45, 7) is 5.93. The van der Waals surface area contributed by atoms with Gasteiger partial charge in [-0.15, -0.1) is 0 Å². The largest absolute Gasteiger partial charge is 0.313 e. The summed E-state index contributed by atoms with van der Waals surface area (Å²) >= 11 is 1.68. The third-order valence-corrected chi connectivity index (χ3v) is 4.52. The van der Waals surface area contributed by atoms with E-state index in [2.05, 4.69) is 36.5 Å². The number of hydrogen-bond acceptors (Lipinski definition) is 2. The third-order valence-electron chi connectivity index (χ3n) is 3.44. The molecule has 106 valence electrons. The highest BCUT2D eigenvalue weighted by molar-refractivity contribution is 7.99. The topological polar surface area (TPSA) is 12.0 Å². The molecule has 1 unspecified atom stereocenters. The van der Waals surface area contributed by atoms with Gasteiger partial charge in [-0.05, 0) is 63.2 Å². The van der Waals surface area contributed by atoms with Crippen LogP contribution >= 0.6 is 11.8 Å². The molecule has 1 atom stereocenters. The Bertz CT molecular complexity index is 593. The standard InChI is InChI=1S/C17H20FNS/c1-11-5-7-14(8-6-11)20-17-9-12(2)16(18)10-15(17)13(3)19-4/h5-10,13,19H,1-4H3. The highest BCUT2D eigenvalue weighted by atomic mass is 32.2. The van der Waals surface area contributed by atoms with E-state index in [4.69, 9.17) is 0 Å². The van der Waals surface area contributed by atoms with E-state index < -0.39 is 0 Å². The first-order valence-corrected chi connectivity index (χ1v) is 7.54. The Kier molecular flexibility index (Phi) is 4.84. The molecular formula is C17H20FNS. The highest BCUT2D eigenvalue weighted by Crippen LogP contribution is 2.35. The average molecular weight is 289 g/mol. The van der Waals surface area contributed by atoms with Crippen LogP contribution in [0.4, 0.5) is 4.39 Å². The normalized spacial score (nSPS) is 12.4. The van der Waals surface area contributed by atoms with E-state index in [1.165, 1.54) is 10.5 Å². The van der Waals surface area contributed by atoms with Crippen molar-refractivity contribution in [3.63, 3.8) is 0 Å². The van der Waals surface area contributed by atoms with E-state index in [1.807, 2.05) is 27.0 Å². The zero-order valence-corrected chi connectivity index (χ0v) is 13.1. The van der Waals surface area contributed by atoms with Crippen LogP contribution < -0.4 is 5.32 Å². The number of halogens is 1. The molecule has 0 radical (unpaired) electrons. The summed E-state index contributed by atoms with van der Waals surface area (Å²) < 4.78 is 13.8. The van der Waals surface area contributed by atoms with Crippen molar-refractivity contribution in [2.45, 2.75) is 36.6 Å². The first-order valence-electron chi connectivity index (χ1n) is 6.73. The summed E-state index contributed by atoms with van der Waals surface area (Å²) in [6, 6.07) is 12.1. The number of rotatable bonds is 4. The van der Waals surface area contributed by atoms with E-state index in [0.29, 0.717) is 5.56 Å². The van der Waals surface area contributed by atoms with E-state index in [0.717, 1.165) is 10.5 Å². The van der Waals surface area contributed by atoms with E-state index in [9.17, 15) is 4.39 Å². The number of hydrogen-bond donors (Lipinski definition) is 1. The minimum atomic E-state index is -0.143. The van der Waals surface area contributed by atoms with E-state index >= 15 is 0 Å². The van der Waals surface area contributed by atoms with Crippen LogP contribution in [0.15, 0.2) is 46.2 Å². The van der Waals surface area contributed by atoms with Crippen molar-refractivity contribution in [1.29, 1.82) is 0 Å². The van der Waals surface area contributed by atoms with Gasteiger partial charge in [0.1, 0.15) is 5.82 Å². The van der Waals surface area contributed by atoms with Crippen molar-refractivity contribution in [1.82, 2.24) is 5.32 Å². The lowest BCUT2D eigenvalue weighted by Gasteiger charge is -2.17. The third kappa shape index (κ3) is 3.41. The zero-order valence-electron chi connectivity index (χ0n) is 12.3. The van der Waals surface area contributed by atoms with Gasteiger partial charge in [0.25, 0.3) is 0 Å². The van der Waals surface area contributed by atoms with Gasteiger partial charge < -0.3 is 5.32 Å². The fourth-order valence-electron chi connectivity index (χ4n) is 1.99. The van der Waals surface area contributed by atoms with Crippen molar-refractivity contribution in [2.24, 2.45) is 0 Å². The molecule has 1 nitrogen and oxygen atoms in total. The van der Waals surface area contributed by atoms with Gasteiger partial charge >= 0.3 is 0 Å². The molecule has 0 bridgehead atoms. The molecule has 0 saturated carbocycles. The molecule has 0 saturated heterocycles. The summed E-state index contributed by atoms with van der Waals surface area (Å²) in [6.07, 6.45) is 0. The summed E-state index contributed by atoms with van der Waals surface area (Å²) in [7, 11) is 1.89. The predicted molar refractivity (Wildman–Crippen MR) is 83.9 cm³/mol. The molecule has 2 aromatic rings. The maximum Gasteiger partial charge on any atom is 0.126 e. The van der Waals surface area contributed by atoms with Gasteiger partial charge in [-0.1, -0.05) is 29.5 Å². The van der Waals surface area contributed by atoms with Crippen molar-refractivity contribution < 1.29 is 4.39 Å². The zero-order chi connectivity index (χ0) is 14.7. The molecule has 0 aromatic heterocycles. The van der Waals surface area contributed by atoms with Crippen molar-refractivity contribution in [3.8, 4) is 0 Å². The SMILES string of the molecule is CNC(C)c1cc(F)c(C)cc1Sc1ccc(C)cc1. The molecule has 0 fully saturated rings. The monoisotopic (exact) mass is 289 g/mol. The highest BCUT2D eigenvalue weighted by Gasteiger charge is 2.13. The fourth-order valence-corrected chi connectivity index (χ4v) is 3.10. The molecule has 0 aliphatic heterocycles. The first kappa shape index (κ1) is 15.1.